The number of hydrogen-bond acceptors (Lipinski definition) is 4. The molecule has 0 aromatic heterocycles. The van der Waals surface area contributed by atoms with E-state index in [1.165, 1.54) is 76.2 Å². The van der Waals surface area contributed by atoms with E-state index in [1.54, 1.807) is 6.92 Å². The van der Waals surface area contributed by atoms with Gasteiger partial charge in [-0.05, 0) is 75.5 Å². The standard InChI is InChI=1S/C30H50O4/c1-5-7-9-10-11-12-13-26-14-16-27(17-15-26)28-18-20-29(21-19-28)34-24(3)23-33-30(31)25(4)32-22-8-6-2/h18-21,24-27H,5-17,22-23H2,1-4H3/t24?,25?,26-,27-. The fourth-order valence-electron chi connectivity index (χ4n) is 4.87. The summed E-state index contributed by atoms with van der Waals surface area (Å²) in [5.74, 6) is 2.13. The second-order valence-corrected chi connectivity index (χ2v) is 10.3. The van der Waals surface area contributed by atoms with Crippen LogP contribution in [-0.4, -0.2) is 31.4 Å². The number of carbonyl (C=O) groups is 1. The lowest BCUT2D eigenvalue weighted by Crippen LogP contribution is -2.28. The first-order valence-electron chi connectivity index (χ1n) is 14.1. The number of unbranched alkanes of at least 4 members (excludes halogenated alkanes) is 6. The van der Waals surface area contributed by atoms with Gasteiger partial charge in [0, 0.05) is 6.61 Å². The fraction of sp³-hybridized carbons (Fsp3) is 0.767. The molecular weight excluding hydrogens is 424 g/mol. The zero-order valence-corrected chi connectivity index (χ0v) is 22.4. The van der Waals surface area contributed by atoms with E-state index < -0.39 is 6.10 Å². The van der Waals surface area contributed by atoms with Crippen LogP contribution in [0.15, 0.2) is 24.3 Å². The number of benzene rings is 1. The lowest BCUT2D eigenvalue weighted by Gasteiger charge is -2.29. The molecule has 1 aliphatic rings. The molecule has 1 aromatic carbocycles. The maximum atomic E-state index is 12.0. The maximum Gasteiger partial charge on any atom is 0.335 e. The zero-order chi connectivity index (χ0) is 24.6. The molecule has 1 aliphatic carbocycles. The highest BCUT2D eigenvalue weighted by molar-refractivity contribution is 5.74. The van der Waals surface area contributed by atoms with Gasteiger partial charge in [-0.25, -0.2) is 4.79 Å². The van der Waals surface area contributed by atoms with Crippen LogP contribution >= 0.6 is 0 Å². The van der Waals surface area contributed by atoms with Gasteiger partial charge in [-0.2, -0.15) is 0 Å². The van der Waals surface area contributed by atoms with Gasteiger partial charge in [-0.3, -0.25) is 0 Å². The molecule has 0 N–H and O–H groups in total. The molecule has 34 heavy (non-hydrogen) atoms. The molecule has 4 heteroatoms. The van der Waals surface area contributed by atoms with Crippen molar-refractivity contribution in [1.29, 1.82) is 0 Å². The molecule has 0 amide bonds. The van der Waals surface area contributed by atoms with Gasteiger partial charge in [-0.15, -0.1) is 0 Å². The first kappa shape index (κ1) is 28.7. The number of esters is 1. The van der Waals surface area contributed by atoms with Crippen LogP contribution in [-0.2, 0) is 14.3 Å². The Morgan fingerprint density at radius 1 is 0.882 bits per heavy atom. The Kier molecular flexibility index (Phi) is 14.3. The molecule has 0 spiro atoms. The van der Waals surface area contributed by atoms with Crippen molar-refractivity contribution in [2.45, 2.75) is 129 Å². The van der Waals surface area contributed by atoms with Gasteiger partial charge < -0.3 is 14.2 Å². The molecule has 0 aliphatic heterocycles. The average Bonchev–Trinajstić information content (AvgIpc) is 2.85. The summed E-state index contributed by atoms with van der Waals surface area (Å²) >= 11 is 0. The Balaban J connectivity index is 1.64. The van der Waals surface area contributed by atoms with Crippen molar-refractivity contribution in [2.75, 3.05) is 13.2 Å². The zero-order valence-electron chi connectivity index (χ0n) is 22.4. The molecule has 194 valence electrons. The van der Waals surface area contributed by atoms with Crippen LogP contribution in [0.3, 0.4) is 0 Å². The number of hydrogen-bond donors (Lipinski definition) is 0. The first-order chi connectivity index (χ1) is 16.5. The van der Waals surface area contributed by atoms with E-state index in [-0.39, 0.29) is 18.7 Å². The van der Waals surface area contributed by atoms with E-state index in [0.717, 1.165) is 24.5 Å². The average molecular weight is 475 g/mol. The molecule has 2 rings (SSSR count). The smallest absolute Gasteiger partial charge is 0.335 e. The summed E-state index contributed by atoms with van der Waals surface area (Å²) in [5.41, 5.74) is 1.43. The van der Waals surface area contributed by atoms with E-state index in [4.69, 9.17) is 14.2 Å². The third-order valence-corrected chi connectivity index (χ3v) is 7.16. The van der Waals surface area contributed by atoms with Gasteiger partial charge in [0.1, 0.15) is 18.5 Å². The van der Waals surface area contributed by atoms with Crippen molar-refractivity contribution in [3.05, 3.63) is 29.8 Å². The normalized spacial score (nSPS) is 20.0. The summed E-state index contributed by atoms with van der Waals surface area (Å²) in [6.07, 6.45) is 16.5. The molecule has 0 bridgehead atoms. The van der Waals surface area contributed by atoms with Crippen molar-refractivity contribution < 1.29 is 19.0 Å². The van der Waals surface area contributed by atoms with Crippen molar-refractivity contribution in [3.63, 3.8) is 0 Å². The lowest BCUT2D eigenvalue weighted by molar-refractivity contribution is -0.158. The molecule has 0 heterocycles. The van der Waals surface area contributed by atoms with Gasteiger partial charge in [0.25, 0.3) is 0 Å². The monoisotopic (exact) mass is 474 g/mol. The van der Waals surface area contributed by atoms with E-state index >= 15 is 0 Å². The minimum Gasteiger partial charge on any atom is -0.487 e. The summed E-state index contributed by atoms with van der Waals surface area (Å²) in [6.45, 7) is 8.86. The van der Waals surface area contributed by atoms with Crippen LogP contribution in [0, 0.1) is 5.92 Å². The van der Waals surface area contributed by atoms with Crippen LogP contribution in [0.4, 0.5) is 0 Å². The highest BCUT2D eigenvalue weighted by Crippen LogP contribution is 2.38. The summed E-state index contributed by atoms with van der Waals surface area (Å²) < 4.78 is 16.8. The van der Waals surface area contributed by atoms with Crippen LogP contribution in [0.2, 0.25) is 0 Å². The first-order valence-corrected chi connectivity index (χ1v) is 14.1. The molecule has 0 saturated heterocycles. The van der Waals surface area contributed by atoms with Crippen LogP contribution in [0.25, 0.3) is 0 Å². The molecule has 2 atom stereocenters. The molecule has 1 fully saturated rings. The topological polar surface area (TPSA) is 44.8 Å². The van der Waals surface area contributed by atoms with Gasteiger partial charge >= 0.3 is 5.97 Å². The summed E-state index contributed by atoms with van der Waals surface area (Å²) in [5, 5.41) is 0. The quantitative estimate of drug-likeness (QED) is 0.168. The third-order valence-electron chi connectivity index (χ3n) is 7.16. The van der Waals surface area contributed by atoms with Crippen LogP contribution < -0.4 is 4.74 Å². The van der Waals surface area contributed by atoms with E-state index in [0.29, 0.717) is 12.5 Å². The van der Waals surface area contributed by atoms with Crippen molar-refractivity contribution in [1.82, 2.24) is 0 Å². The van der Waals surface area contributed by atoms with Gasteiger partial charge in [-0.1, -0.05) is 77.3 Å². The number of ether oxygens (including phenoxy) is 3. The second-order valence-electron chi connectivity index (χ2n) is 10.3. The summed E-state index contributed by atoms with van der Waals surface area (Å²) in [6, 6.07) is 8.56. The predicted octanol–water partition coefficient (Wildman–Crippen LogP) is 8.23. The number of rotatable bonds is 17. The Morgan fingerprint density at radius 2 is 1.53 bits per heavy atom. The highest BCUT2D eigenvalue weighted by Gasteiger charge is 2.22. The second kappa shape index (κ2) is 17.0. The molecule has 0 radical (unpaired) electrons. The molecular formula is C30H50O4. The van der Waals surface area contributed by atoms with Gasteiger partial charge in [0.15, 0.2) is 6.10 Å². The summed E-state index contributed by atoms with van der Waals surface area (Å²) in [4.78, 5) is 12.0. The highest BCUT2D eigenvalue weighted by atomic mass is 16.6. The maximum absolute atomic E-state index is 12.0. The third kappa shape index (κ3) is 11.3. The molecule has 2 unspecified atom stereocenters. The largest absolute Gasteiger partial charge is 0.487 e. The summed E-state index contributed by atoms with van der Waals surface area (Å²) in [7, 11) is 0. The predicted molar refractivity (Wildman–Crippen MR) is 141 cm³/mol. The van der Waals surface area contributed by atoms with Crippen LogP contribution in [0.1, 0.15) is 123 Å². The van der Waals surface area contributed by atoms with Gasteiger partial charge in [0.05, 0.1) is 0 Å². The Hall–Kier alpha value is -1.55. The van der Waals surface area contributed by atoms with Gasteiger partial charge in [0.2, 0.25) is 0 Å². The Bertz CT molecular complexity index is 648. The van der Waals surface area contributed by atoms with Crippen molar-refractivity contribution in [2.24, 2.45) is 5.92 Å². The minimum absolute atomic E-state index is 0.199. The minimum atomic E-state index is -0.529. The van der Waals surface area contributed by atoms with Crippen LogP contribution in [0.5, 0.6) is 5.75 Å². The Morgan fingerprint density at radius 3 is 2.21 bits per heavy atom. The van der Waals surface area contributed by atoms with Crippen molar-refractivity contribution in [3.8, 4) is 5.75 Å². The Labute approximate surface area is 209 Å². The van der Waals surface area contributed by atoms with E-state index in [2.05, 4.69) is 38.1 Å². The van der Waals surface area contributed by atoms with E-state index in [1.807, 2.05) is 6.92 Å². The molecule has 1 saturated carbocycles. The molecule has 1 aromatic rings. The van der Waals surface area contributed by atoms with Crippen molar-refractivity contribution >= 4 is 5.97 Å². The molecule has 4 nitrogen and oxygen atoms in total. The lowest BCUT2D eigenvalue weighted by atomic mass is 9.77. The number of carbonyl (C=O) groups excluding carboxylic acids is 1. The fourth-order valence-corrected chi connectivity index (χ4v) is 4.87. The van der Waals surface area contributed by atoms with E-state index in [9.17, 15) is 4.79 Å². The SMILES string of the molecule is CCCCCCCC[C@H]1CC[C@H](c2ccc(OC(C)COC(=O)C(C)OCCCC)cc2)CC1.